The topological polar surface area (TPSA) is 65.2 Å². The van der Waals surface area contributed by atoms with Crippen molar-refractivity contribution in [1.82, 2.24) is 4.98 Å². The number of hydrogen-bond acceptors (Lipinski definition) is 3. The number of rotatable bonds is 4. The number of primary amides is 1. The third kappa shape index (κ3) is 2.42. The Kier molecular flexibility index (Phi) is 3.46. The van der Waals surface area contributed by atoms with Crippen molar-refractivity contribution in [2.75, 3.05) is 7.11 Å². The highest BCUT2D eigenvalue weighted by atomic mass is 16.5. The van der Waals surface area contributed by atoms with Gasteiger partial charge in [0, 0.05) is 23.1 Å². The molecule has 1 amide bonds. The Morgan fingerprint density at radius 1 is 1.33 bits per heavy atom. The van der Waals surface area contributed by atoms with Crippen LogP contribution >= 0.6 is 0 Å². The lowest BCUT2D eigenvalue weighted by atomic mass is 10.0. The summed E-state index contributed by atoms with van der Waals surface area (Å²) in [5.41, 5.74) is 8.07. The van der Waals surface area contributed by atoms with E-state index in [1.165, 1.54) is 0 Å². The number of ether oxygens (including phenoxy) is 1. The first-order chi connectivity index (χ1) is 8.61. The van der Waals surface area contributed by atoms with Crippen molar-refractivity contribution in [1.29, 1.82) is 0 Å². The number of nitrogens with two attached hydrogens (primary N) is 1. The monoisotopic (exact) mass is 244 g/mol. The Balaban J connectivity index is 2.54. The molecule has 2 aromatic rings. The van der Waals surface area contributed by atoms with Crippen LogP contribution in [0.3, 0.4) is 0 Å². The number of nitrogens with zero attached hydrogens (tertiary/aromatic N) is 1. The molecule has 2 N–H and O–H groups in total. The molecule has 0 fully saturated rings. The average molecular weight is 244 g/mol. The lowest BCUT2D eigenvalue weighted by molar-refractivity contribution is -0.117. The van der Waals surface area contributed by atoms with E-state index in [4.69, 9.17) is 10.5 Å². The molecule has 0 bridgehead atoms. The van der Waals surface area contributed by atoms with Gasteiger partial charge in [0.05, 0.1) is 12.6 Å². The highest BCUT2D eigenvalue weighted by Gasteiger charge is 2.10. The summed E-state index contributed by atoms with van der Waals surface area (Å²) in [6.45, 7) is 1.95. The largest absolute Gasteiger partial charge is 0.496 e. The summed E-state index contributed by atoms with van der Waals surface area (Å²) in [5, 5.41) is 1.02. The molecule has 0 atom stereocenters. The Labute approximate surface area is 106 Å². The molecule has 1 heterocycles. The molecule has 0 saturated heterocycles. The van der Waals surface area contributed by atoms with Gasteiger partial charge < -0.3 is 10.5 Å². The second-order valence-corrected chi connectivity index (χ2v) is 4.23. The van der Waals surface area contributed by atoms with Crippen LogP contribution in [0.5, 0.6) is 5.75 Å². The van der Waals surface area contributed by atoms with Gasteiger partial charge in [-0.25, -0.2) is 0 Å². The molecule has 0 aliphatic rings. The summed E-state index contributed by atoms with van der Waals surface area (Å²) in [6, 6.07) is 7.77. The first kappa shape index (κ1) is 12.4. The molecule has 0 aliphatic heterocycles. The first-order valence-corrected chi connectivity index (χ1v) is 5.83. The molecule has 0 radical (unpaired) electrons. The SMILES string of the molecule is COc1ccc2nc(C)ccc2c1CCC(N)=O. The molecule has 2 rings (SSSR count). The van der Waals surface area contributed by atoms with Crippen molar-refractivity contribution in [2.24, 2.45) is 5.73 Å². The highest BCUT2D eigenvalue weighted by Crippen LogP contribution is 2.28. The summed E-state index contributed by atoms with van der Waals surface area (Å²) in [5.74, 6) is 0.462. The Morgan fingerprint density at radius 2 is 2.11 bits per heavy atom. The van der Waals surface area contributed by atoms with E-state index in [9.17, 15) is 4.79 Å². The quantitative estimate of drug-likeness (QED) is 0.894. The third-order valence-corrected chi connectivity index (χ3v) is 2.92. The molecule has 1 aromatic heterocycles. The van der Waals surface area contributed by atoms with Crippen molar-refractivity contribution in [3.8, 4) is 5.75 Å². The van der Waals surface area contributed by atoms with Crippen molar-refractivity contribution < 1.29 is 9.53 Å². The maximum Gasteiger partial charge on any atom is 0.217 e. The standard InChI is InChI=1S/C14H16N2O2/c1-9-3-4-10-11(5-8-14(15)17)13(18-2)7-6-12(10)16-9/h3-4,6-7H,5,8H2,1-2H3,(H2,15,17). The number of pyridine rings is 1. The summed E-state index contributed by atoms with van der Waals surface area (Å²) in [7, 11) is 1.62. The highest BCUT2D eigenvalue weighted by molar-refractivity contribution is 5.85. The van der Waals surface area contributed by atoms with E-state index in [0.29, 0.717) is 12.8 Å². The lowest BCUT2D eigenvalue weighted by Crippen LogP contribution is -2.11. The van der Waals surface area contributed by atoms with Gasteiger partial charge >= 0.3 is 0 Å². The van der Waals surface area contributed by atoms with Crippen LogP contribution in [0.25, 0.3) is 10.9 Å². The lowest BCUT2D eigenvalue weighted by Gasteiger charge is -2.11. The smallest absolute Gasteiger partial charge is 0.217 e. The van der Waals surface area contributed by atoms with Crippen molar-refractivity contribution in [3.05, 3.63) is 35.5 Å². The minimum absolute atomic E-state index is 0.309. The molecule has 1 aromatic carbocycles. The van der Waals surface area contributed by atoms with E-state index in [0.717, 1.165) is 27.9 Å². The summed E-state index contributed by atoms with van der Waals surface area (Å²) >= 11 is 0. The Hall–Kier alpha value is -2.10. The molecular weight excluding hydrogens is 228 g/mol. The fourth-order valence-corrected chi connectivity index (χ4v) is 2.04. The van der Waals surface area contributed by atoms with Crippen LogP contribution in [0.1, 0.15) is 17.7 Å². The summed E-state index contributed by atoms with van der Waals surface area (Å²) < 4.78 is 5.34. The Morgan fingerprint density at radius 3 is 2.78 bits per heavy atom. The zero-order chi connectivity index (χ0) is 13.1. The minimum atomic E-state index is -0.311. The van der Waals surface area contributed by atoms with Crippen LogP contribution in [0.15, 0.2) is 24.3 Å². The van der Waals surface area contributed by atoms with Gasteiger partial charge in [0.1, 0.15) is 5.75 Å². The van der Waals surface area contributed by atoms with Crippen LogP contribution in [-0.4, -0.2) is 18.0 Å². The molecule has 94 valence electrons. The van der Waals surface area contributed by atoms with Crippen LogP contribution < -0.4 is 10.5 Å². The molecule has 0 aliphatic carbocycles. The van der Waals surface area contributed by atoms with Gasteiger partial charge in [0.2, 0.25) is 5.91 Å². The van der Waals surface area contributed by atoms with Gasteiger partial charge in [-0.3, -0.25) is 9.78 Å². The second kappa shape index (κ2) is 5.04. The van der Waals surface area contributed by atoms with E-state index in [2.05, 4.69) is 4.98 Å². The van der Waals surface area contributed by atoms with Crippen LogP contribution in [0, 0.1) is 6.92 Å². The van der Waals surface area contributed by atoms with Crippen LogP contribution in [0.2, 0.25) is 0 Å². The average Bonchev–Trinajstić information content (AvgIpc) is 2.35. The number of carbonyl (C=O) groups excluding carboxylic acids is 1. The van der Waals surface area contributed by atoms with Crippen molar-refractivity contribution in [3.63, 3.8) is 0 Å². The molecule has 4 heteroatoms. The zero-order valence-electron chi connectivity index (χ0n) is 10.6. The molecule has 0 saturated carbocycles. The fraction of sp³-hybridized carbons (Fsp3) is 0.286. The third-order valence-electron chi connectivity index (χ3n) is 2.92. The summed E-state index contributed by atoms with van der Waals surface area (Å²) in [6.07, 6.45) is 0.879. The van der Waals surface area contributed by atoms with Gasteiger partial charge in [0.15, 0.2) is 0 Å². The van der Waals surface area contributed by atoms with Gasteiger partial charge in [-0.15, -0.1) is 0 Å². The van der Waals surface area contributed by atoms with Crippen LogP contribution in [0.4, 0.5) is 0 Å². The maximum absolute atomic E-state index is 10.9. The molecular formula is C14H16N2O2. The molecule has 0 spiro atoms. The number of carbonyl (C=O) groups is 1. The second-order valence-electron chi connectivity index (χ2n) is 4.23. The van der Waals surface area contributed by atoms with E-state index < -0.39 is 0 Å². The molecule has 18 heavy (non-hydrogen) atoms. The number of aromatic nitrogens is 1. The number of methoxy groups -OCH3 is 1. The van der Waals surface area contributed by atoms with Gasteiger partial charge in [-0.2, -0.15) is 0 Å². The Bertz CT molecular complexity index is 594. The maximum atomic E-state index is 10.9. The summed E-state index contributed by atoms with van der Waals surface area (Å²) in [4.78, 5) is 15.4. The van der Waals surface area contributed by atoms with E-state index >= 15 is 0 Å². The number of hydrogen-bond donors (Lipinski definition) is 1. The first-order valence-electron chi connectivity index (χ1n) is 5.83. The molecule has 4 nitrogen and oxygen atoms in total. The predicted molar refractivity (Wildman–Crippen MR) is 70.5 cm³/mol. The van der Waals surface area contributed by atoms with E-state index in [-0.39, 0.29) is 5.91 Å². The van der Waals surface area contributed by atoms with E-state index in [1.807, 2.05) is 31.2 Å². The number of amides is 1. The number of fused-ring (bicyclic) bond motifs is 1. The van der Waals surface area contributed by atoms with Crippen molar-refractivity contribution >= 4 is 16.8 Å². The van der Waals surface area contributed by atoms with Gasteiger partial charge in [0.25, 0.3) is 0 Å². The van der Waals surface area contributed by atoms with Gasteiger partial charge in [-0.05, 0) is 31.5 Å². The molecule has 0 unspecified atom stereocenters. The van der Waals surface area contributed by atoms with Gasteiger partial charge in [-0.1, -0.05) is 6.07 Å². The zero-order valence-corrected chi connectivity index (χ0v) is 10.6. The fourth-order valence-electron chi connectivity index (χ4n) is 2.04. The predicted octanol–water partition coefficient (Wildman–Crippen LogP) is 1.97. The van der Waals surface area contributed by atoms with Crippen LogP contribution in [-0.2, 0) is 11.2 Å². The van der Waals surface area contributed by atoms with Crippen molar-refractivity contribution in [2.45, 2.75) is 19.8 Å². The minimum Gasteiger partial charge on any atom is -0.496 e. The van der Waals surface area contributed by atoms with E-state index in [1.54, 1.807) is 7.11 Å². The number of aryl methyl sites for hydroxylation is 2. The normalized spacial score (nSPS) is 10.6. The number of benzene rings is 1.